The van der Waals surface area contributed by atoms with Crippen molar-refractivity contribution in [2.24, 2.45) is 5.92 Å². The Labute approximate surface area is 111 Å². The lowest BCUT2D eigenvalue weighted by atomic mass is 9.77. The molecular formula is C12H18N4O3. The number of hydrogen-bond acceptors (Lipinski definition) is 4. The van der Waals surface area contributed by atoms with Gasteiger partial charge in [-0.15, -0.1) is 5.10 Å². The Kier molecular flexibility index (Phi) is 3.82. The molecule has 1 aromatic rings. The van der Waals surface area contributed by atoms with Gasteiger partial charge in [0.15, 0.2) is 0 Å². The van der Waals surface area contributed by atoms with E-state index >= 15 is 0 Å². The Bertz CT molecular complexity index is 450. The second-order valence-electron chi connectivity index (χ2n) is 5.22. The Morgan fingerprint density at radius 2 is 2.16 bits per heavy atom. The summed E-state index contributed by atoms with van der Waals surface area (Å²) in [5, 5.41) is 19.4. The molecule has 1 amide bonds. The SMILES string of the molecule is CC1CCC(NC(=O)Cn2ccnn2)(C(=O)O)CC1. The number of carboxylic acids is 1. The zero-order chi connectivity index (χ0) is 13.9. The number of carbonyl (C=O) groups is 2. The highest BCUT2D eigenvalue weighted by Crippen LogP contribution is 2.32. The van der Waals surface area contributed by atoms with E-state index in [0.29, 0.717) is 18.8 Å². The predicted molar refractivity (Wildman–Crippen MR) is 66.2 cm³/mol. The van der Waals surface area contributed by atoms with Gasteiger partial charge in [0.05, 0.1) is 6.20 Å². The summed E-state index contributed by atoms with van der Waals surface area (Å²) in [6, 6.07) is 0. The van der Waals surface area contributed by atoms with Crippen molar-refractivity contribution < 1.29 is 14.7 Å². The van der Waals surface area contributed by atoms with Gasteiger partial charge < -0.3 is 10.4 Å². The molecule has 1 aliphatic rings. The lowest BCUT2D eigenvalue weighted by Gasteiger charge is -2.36. The van der Waals surface area contributed by atoms with Crippen LogP contribution in [0.2, 0.25) is 0 Å². The number of carbonyl (C=O) groups excluding carboxylic acids is 1. The van der Waals surface area contributed by atoms with E-state index in [4.69, 9.17) is 0 Å². The number of hydrogen-bond donors (Lipinski definition) is 2. The lowest BCUT2D eigenvalue weighted by Crippen LogP contribution is -2.56. The van der Waals surface area contributed by atoms with E-state index in [1.807, 2.05) is 0 Å². The lowest BCUT2D eigenvalue weighted by molar-refractivity contribution is -0.149. The van der Waals surface area contributed by atoms with E-state index in [1.165, 1.54) is 10.9 Å². The Balaban J connectivity index is 2.01. The highest BCUT2D eigenvalue weighted by molar-refractivity contribution is 5.87. The summed E-state index contributed by atoms with van der Waals surface area (Å²) in [6.07, 6.45) is 5.63. The van der Waals surface area contributed by atoms with E-state index < -0.39 is 11.5 Å². The molecule has 0 unspecified atom stereocenters. The first-order valence-electron chi connectivity index (χ1n) is 6.40. The second-order valence-corrected chi connectivity index (χ2v) is 5.22. The molecule has 0 saturated heterocycles. The Morgan fingerprint density at radius 3 is 2.68 bits per heavy atom. The average molecular weight is 266 g/mol. The van der Waals surface area contributed by atoms with Crippen LogP contribution in [0.25, 0.3) is 0 Å². The van der Waals surface area contributed by atoms with Crippen LogP contribution in [0.1, 0.15) is 32.6 Å². The Morgan fingerprint density at radius 1 is 1.47 bits per heavy atom. The minimum atomic E-state index is -1.12. The molecule has 0 bridgehead atoms. The smallest absolute Gasteiger partial charge is 0.329 e. The van der Waals surface area contributed by atoms with E-state index in [9.17, 15) is 14.7 Å². The number of amides is 1. The number of aromatic nitrogens is 3. The van der Waals surface area contributed by atoms with Crippen molar-refractivity contribution in [2.75, 3.05) is 0 Å². The quantitative estimate of drug-likeness (QED) is 0.823. The Hall–Kier alpha value is -1.92. The van der Waals surface area contributed by atoms with Gasteiger partial charge in [0.1, 0.15) is 12.1 Å². The summed E-state index contributed by atoms with van der Waals surface area (Å²) in [6.45, 7) is 2.09. The summed E-state index contributed by atoms with van der Waals surface area (Å²) in [5.74, 6) is -0.784. The third kappa shape index (κ3) is 3.10. The molecule has 7 nitrogen and oxygen atoms in total. The average Bonchev–Trinajstić information content (AvgIpc) is 2.84. The molecule has 0 aromatic carbocycles. The molecule has 104 valence electrons. The van der Waals surface area contributed by atoms with Crippen molar-refractivity contribution >= 4 is 11.9 Å². The molecular weight excluding hydrogens is 248 g/mol. The number of nitrogens with zero attached hydrogens (tertiary/aromatic N) is 3. The normalized spacial score (nSPS) is 26.9. The van der Waals surface area contributed by atoms with Crippen molar-refractivity contribution in [1.82, 2.24) is 20.3 Å². The van der Waals surface area contributed by atoms with Gasteiger partial charge in [0.2, 0.25) is 5.91 Å². The van der Waals surface area contributed by atoms with Gasteiger partial charge in [0.25, 0.3) is 0 Å². The molecule has 1 heterocycles. The third-order valence-electron chi connectivity index (χ3n) is 3.69. The molecule has 2 N–H and O–H groups in total. The van der Waals surface area contributed by atoms with Gasteiger partial charge in [-0.1, -0.05) is 12.1 Å². The molecule has 1 aliphatic carbocycles. The topological polar surface area (TPSA) is 97.1 Å². The summed E-state index contributed by atoms with van der Waals surface area (Å²) >= 11 is 0. The van der Waals surface area contributed by atoms with Gasteiger partial charge in [-0.05, 0) is 31.6 Å². The van der Waals surface area contributed by atoms with Crippen molar-refractivity contribution in [3.05, 3.63) is 12.4 Å². The van der Waals surface area contributed by atoms with E-state index in [1.54, 1.807) is 6.20 Å². The summed E-state index contributed by atoms with van der Waals surface area (Å²) in [4.78, 5) is 23.4. The van der Waals surface area contributed by atoms with Gasteiger partial charge in [-0.25, -0.2) is 9.48 Å². The van der Waals surface area contributed by atoms with Crippen LogP contribution in [0.5, 0.6) is 0 Å². The van der Waals surface area contributed by atoms with Crippen molar-refractivity contribution in [1.29, 1.82) is 0 Å². The first kappa shape index (κ1) is 13.5. The van der Waals surface area contributed by atoms with E-state index in [2.05, 4.69) is 22.6 Å². The molecule has 1 fully saturated rings. The van der Waals surface area contributed by atoms with Crippen LogP contribution in [0.15, 0.2) is 12.4 Å². The maximum atomic E-state index is 11.9. The van der Waals surface area contributed by atoms with Gasteiger partial charge >= 0.3 is 5.97 Å². The number of rotatable bonds is 4. The first-order valence-corrected chi connectivity index (χ1v) is 6.40. The van der Waals surface area contributed by atoms with Crippen LogP contribution in [0.4, 0.5) is 0 Å². The molecule has 7 heteroatoms. The zero-order valence-corrected chi connectivity index (χ0v) is 10.9. The van der Waals surface area contributed by atoms with Crippen LogP contribution in [-0.4, -0.2) is 37.5 Å². The molecule has 2 rings (SSSR count). The van der Waals surface area contributed by atoms with Crippen molar-refractivity contribution in [3.63, 3.8) is 0 Å². The molecule has 0 spiro atoms. The number of aliphatic carboxylic acids is 1. The standard InChI is InChI=1S/C12H18N4O3/c1-9-2-4-12(5-3-9,11(18)19)14-10(17)8-16-7-6-13-15-16/h6-7,9H,2-5,8H2,1H3,(H,14,17)(H,18,19). The molecule has 0 aliphatic heterocycles. The van der Waals surface area contributed by atoms with Gasteiger partial charge in [-0.2, -0.15) is 0 Å². The highest BCUT2D eigenvalue weighted by atomic mass is 16.4. The van der Waals surface area contributed by atoms with Crippen LogP contribution < -0.4 is 5.32 Å². The fourth-order valence-electron chi connectivity index (χ4n) is 2.42. The largest absolute Gasteiger partial charge is 0.480 e. The van der Waals surface area contributed by atoms with Crippen LogP contribution in [0, 0.1) is 5.92 Å². The van der Waals surface area contributed by atoms with Gasteiger partial charge in [-0.3, -0.25) is 4.79 Å². The number of carboxylic acid groups (broad SMARTS) is 1. The minimum absolute atomic E-state index is 0.00934. The maximum Gasteiger partial charge on any atom is 0.329 e. The molecule has 0 radical (unpaired) electrons. The predicted octanol–water partition coefficient (Wildman–Crippen LogP) is 0.428. The van der Waals surface area contributed by atoms with Gasteiger partial charge in [0, 0.05) is 6.20 Å². The molecule has 19 heavy (non-hydrogen) atoms. The summed E-state index contributed by atoms with van der Waals surface area (Å²) in [5.41, 5.74) is -1.12. The molecule has 1 saturated carbocycles. The molecule has 1 aromatic heterocycles. The summed E-state index contributed by atoms with van der Waals surface area (Å²) < 4.78 is 1.37. The minimum Gasteiger partial charge on any atom is -0.480 e. The zero-order valence-electron chi connectivity index (χ0n) is 10.9. The first-order chi connectivity index (χ1) is 9.02. The third-order valence-corrected chi connectivity index (χ3v) is 3.69. The number of nitrogens with one attached hydrogen (secondary N) is 1. The van der Waals surface area contributed by atoms with Crippen LogP contribution in [0.3, 0.4) is 0 Å². The van der Waals surface area contributed by atoms with E-state index in [0.717, 1.165) is 12.8 Å². The van der Waals surface area contributed by atoms with Crippen molar-refractivity contribution in [3.8, 4) is 0 Å². The fourth-order valence-corrected chi connectivity index (χ4v) is 2.42. The fraction of sp³-hybridized carbons (Fsp3) is 0.667. The van der Waals surface area contributed by atoms with Crippen LogP contribution >= 0.6 is 0 Å². The highest BCUT2D eigenvalue weighted by Gasteiger charge is 2.42. The van der Waals surface area contributed by atoms with Crippen LogP contribution in [-0.2, 0) is 16.1 Å². The maximum absolute atomic E-state index is 11.9. The molecule has 0 atom stereocenters. The van der Waals surface area contributed by atoms with E-state index in [-0.39, 0.29) is 12.5 Å². The monoisotopic (exact) mass is 266 g/mol. The second kappa shape index (κ2) is 5.38. The summed E-state index contributed by atoms with van der Waals surface area (Å²) in [7, 11) is 0. The van der Waals surface area contributed by atoms with Crippen molar-refractivity contribution in [2.45, 2.75) is 44.7 Å².